The predicted octanol–water partition coefficient (Wildman–Crippen LogP) is 3.68. The largest absolute Gasteiger partial charge is 0.494 e. The lowest BCUT2D eigenvalue weighted by atomic mass is 9.99. The molecular formula is C24H28N4O4S. The number of piperidine rings is 1. The molecular weight excluding hydrogens is 440 g/mol. The molecule has 0 unspecified atom stereocenters. The van der Waals surface area contributed by atoms with Gasteiger partial charge >= 0.3 is 0 Å². The predicted molar refractivity (Wildman–Crippen MR) is 129 cm³/mol. The molecule has 0 bridgehead atoms. The van der Waals surface area contributed by atoms with E-state index in [1.807, 2.05) is 11.8 Å². The van der Waals surface area contributed by atoms with E-state index in [0.29, 0.717) is 38.9 Å². The quantitative estimate of drug-likeness (QED) is 0.596. The Kier molecular flexibility index (Phi) is 6.78. The Morgan fingerprint density at radius 2 is 1.91 bits per heavy atom. The van der Waals surface area contributed by atoms with Crippen molar-refractivity contribution >= 4 is 39.1 Å². The number of aryl methyl sites for hydroxylation is 1. The van der Waals surface area contributed by atoms with E-state index in [0.717, 1.165) is 31.7 Å². The number of rotatable bonds is 6. The molecule has 0 radical (unpaired) electrons. The summed E-state index contributed by atoms with van der Waals surface area (Å²) in [5, 5.41) is 3.25. The van der Waals surface area contributed by atoms with Crippen molar-refractivity contribution in [2.45, 2.75) is 40.2 Å². The van der Waals surface area contributed by atoms with Gasteiger partial charge in [0.05, 0.1) is 23.2 Å². The average molecular weight is 469 g/mol. The number of likely N-dealkylation sites (tertiary alicyclic amines) is 1. The minimum absolute atomic E-state index is 0.0425. The maximum absolute atomic E-state index is 13.1. The van der Waals surface area contributed by atoms with Crippen molar-refractivity contribution in [3.05, 3.63) is 51.4 Å². The summed E-state index contributed by atoms with van der Waals surface area (Å²) in [4.78, 5) is 45.8. The molecule has 1 aliphatic heterocycles. The Morgan fingerprint density at radius 3 is 2.58 bits per heavy atom. The maximum atomic E-state index is 13.1. The topological polar surface area (TPSA) is 93.5 Å². The minimum Gasteiger partial charge on any atom is -0.494 e. The number of hydrogen-bond acceptors (Lipinski definition) is 6. The molecule has 3 aromatic rings. The molecule has 1 saturated heterocycles. The number of ether oxygens (including phenoxy) is 1. The highest BCUT2D eigenvalue weighted by molar-refractivity contribution is 7.20. The summed E-state index contributed by atoms with van der Waals surface area (Å²) >= 11 is 1.18. The fraction of sp³-hybridized carbons (Fsp3) is 0.417. The summed E-state index contributed by atoms with van der Waals surface area (Å²) in [6.45, 7) is 7.81. The van der Waals surface area contributed by atoms with E-state index in [4.69, 9.17) is 4.74 Å². The van der Waals surface area contributed by atoms with E-state index < -0.39 is 0 Å². The minimum atomic E-state index is -0.302. The normalized spacial score (nSPS) is 14.5. The Hall–Kier alpha value is -3.20. The number of nitrogens with zero attached hydrogens (tertiary/aromatic N) is 3. The van der Waals surface area contributed by atoms with Crippen LogP contribution in [0.25, 0.3) is 10.2 Å². The summed E-state index contributed by atoms with van der Waals surface area (Å²) in [7, 11) is 0. The molecule has 1 fully saturated rings. The Labute approximate surface area is 196 Å². The first-order valence-electron chi connectivity index (χ1n) is 11.2. The van der Waals surface area contributed by atoms with E-state index >= 15 is 0 Å². The standard InChI is InChI=1S/C24H28N4O4S/c1-4-32-18-7-5-17(6-8-18)26-22(30)21-16(3)20-23(33-21)25-14-28(24(20)31)13-19(29)27-11-9-15(2)10-12-27/h5-8,14-15H,4,9-13H2,1-3H3,(H,26,30). The average Bonchev–Trinajstić information content (AvgIpc) is 3.15. The van der Waals surface area contributed by atoms with Crippen LogP contribution in [-0.2, 0) is 11.3 Å². The fourth-order valence-electron chi connectivity index (χ4n) is 3.98. The van der Waals surface area contributed by atoms with Gasteiger partial charge in [-0.2, -0.15) is 0 Å². The van der Waals surface area contributed by atoms with Crippen molar-refractivity contribution in [1.29, 1.82) is 0 Å². The van der Waals surface area contributed by atoms with Crippen molar-refractivity contribution in [2.75, 3.05) is 25.0 Å². The second-order valence-electron chi connectivity index (χ2n) is 8.39. The van der Waals surface area contributed by atoms with Crippen molar-refractivity contribution in [1.82, 2.24) is 14.5 Å². The molecule has 2 aromatic heterocycles. The third-order valence-corrected chi connectivity index (χ3v) is 7.19. The Bertz CT molecular complexity index is 1220. The summed E-state index contributed by atoms with van der Waals surface area (Å²) in [5.41, 5.74) is 0.907. The number of anilines is 1. The zero-order valence-corrected chi connectivity index (χ0v) is 19.9. The van der Waals surface area contributed by atoms with Gasteiger partial charge in [0.15, 0.2) is 0 Å². The number of hydrogen-bond donors (Lipinski definition) is 1. The first-order chi connectivity index (χ1) is 15.9. The van der Waals surface area contributed by atoms with Crippen LogP contribution in [0, 0.1) is 12.8 Å². The molecule has 0 spiro atoms. The van der Waals surface area contributed by atoms with Gasteiger partial charge in [-0.3, -0.25) is 19.0 Å². The second-order valence-corrected chi connectivity index (χ2v) is 9.39. The lowest BCUT2D eigenvalue weighted by molar-refractivity contribution is -0.133. The van der Waals surface area contributed by atoms with Gasteiger partial charge < -0.3 is 15.0 Å². The van der Waals surface area contributed by atoms with Crippen LogP contribution in [-0.4, -0.2) is 46.0 Å². The number of nitrogens with one attached hydrogen (secondary N) is 1. The number of fused-ring (bicyclic) bond motifs is 1. The molecule has 0 aliphatic carbocycles. The van der Waals surface area contributed by atoms with E-state index in [2.05, 4.69) is 17.2 Å². The molecule has 174 valence electrons. The first kappa shape index (κ1) is 23.0. The lowest BCUT2D eigenvalue weighted by Gasteiger charge is -2.30. The number of carbonyl (C=O) groups excluding carboxylic acids is 2. The second kappa shape index (κ2) is 9.74. The van der Waals surface area contributed by atoms with Crippen molar-refractivity contribution in [2.24, 2.45) is 5.92 Å². The molecule has 4 rings (SSSR count). The number of aromatic nitrogens is 2. The summed E-state index contributed by atoms with van der Waals surface area (Å²) in [6, 6.07) is 7.11. The van der Waals surface area contributed by atoms with Crippen LogP contribution >= 0.6 is 11.3 Å². The van der Waals surface area contributed by atoms with Crippen LogP contribution < -0.4 is 15.6 Å². The summed E-state index contributed by atoms with van der Waals surface area (Å²) < 4.78 is 6.77. The van der Waals surface area contributed by atoms with Crippen molar-refractivity contribution in [3.8, 4) is 5.75 Å². The highest BCUT2D eigenvalue weighted by Crippen LogP contribution is 2.28. The van der Waals surface area contributed by atoms with Gasteiger partial charge in [0.25, 0.3) is 11.5 Å². The smallest absolute Gasteiger partial charge is 0.266 e. The first-order valence-corrected chi connectivity index (χ1v) is 12.0. The molecule has 3 heterocycles. The SMILES string of the molecule is CCOc1ccc(NC(=O)c2sc3ncn(CC(=O)N4CCC(C)CC4)c(=O)c3c2C)cc1. The Balaban J connectivity index is 1.53. The molecule has 0 saturated carbocycles. The molecule has 1 N–H and O–H groups in total. The zero-order valence-electron chi connectivity index (χ0n) is 19.1. The van der Waals surface area contributed by atoms with Gasteiger partial charge in [-0.05, 0) is 62.4 Å². The zero-order chi connectivity index (χ0) is 23.5. The molecule has 0 atom stereocenters. The van der Waals surface area contributed by atoms with Crippen LogP contribution in [0.3, 0.4) is 0 Å². The van der Waals surface area contributed by atoms with E-state index in [1.165, 1.54) is 22.2 Å². The molecule has 1 aromatic carbocycles. The van der Waals surface area contributed by atoms with Gasteiger partial charge in [-0.15, -0.1) is 11.3 Å². The molecule has 2 amide bonds. The highest BCUT2D eigenvalue weighted by atomic mass is 32.1. The Morgan fingerprint density at radius 1 is 1.21 bits per heavy atom. The van der Waals surface area contributed by atoms with Gasteiger partial charge in [0, 0.05) is 18.8 Å². The van der Waals surface area contributed by atoms with Gasteiger partial charge in [-0.25, -0.2) is 4.98 Å². The molecule has 1 aliphatic rings. The van der Waals surface area contributed by atoms with Crippen LogP contribution in [0.5, 0.6) is 5.75 Å². The van der Waals surface area contributed by atoms with Gasteiger partial charge in [0.2, 0.25) is 5.91 Å². The number of benzene rings is 1. The van der Waals surface area contributed by atoms with Crippen molar-refractivity contribution < 1.29 is 14.3 Å². The van der Waals surface area contributed by atoms with Crippen LogP contribution in [0.1, 0.15) is 41.9 Å². The monoisotopic (exact) mass is 468 g/mol. The van der Waals surface area contributed by atoms with E-state index in [-0.39, 0.29) is 23.9 Å². The van der Waals surface area contributed by atoms with Crippen LogP contribution in [0.4, 0.5) is 5.69 Å². The number of carbonyl (C=O) groups is 2. The number of amides is 2. The highest BCUT2D eigenvalue weighted by Gasteiger charge is 2.23. The lowest BCUT2D eigenvalue weighted by Crippen LogP contribution is -2.41. The van der Waals surface area contributed by atoms with Crippen LogP contribution in [0.15, 0.2) is 35.4 Å². The molecule has 33 heavy (non-hydrogen) atoms. The van der Waals surface area contributed by atoms with E-state index in [9.17, 15) is 14.4 Å². The third kappa shape index (κ3) is 4.93. The van der Waals surface area contributed by atoms with E-state index in [1.54, 1.807) is 31.2 Å². The molecule has 9 heteroatoms. The summed E-state index contributed by atoms with van der Waals surface area (Å²) in [6.07, 6.45) is 3.36. The third-order valence-electron chi connectivity index (χ3n) is 5.99. The summed E-state index contributed by atoms with van der Waals surface area (Å²) in [5.74, 6) is 0.970. The van der Waals surface area contributed by atoms with Crippen molar-refractivity contribution in [3.63, 3.8) is 0 Å². The van der Waals surface area contributed by atoms with Gasteiger partial charge in [0.1, 0.15) is 17.1 Å². The number of thiophene rings is 1. The van der Waals surface area contributed by atoms with Crippen LogP contribution in [0.2, 0.25) is 0 Å². The maximum Gasteiger partial charge on any atom is 0.266 e. The van der Waals surface area contributed by atoms with Gasteiger partial charge in [-0.1, -0.05) is 6.92 Å². The fourth-order valence-corrected chi connectivity index (χ4v) is 5.02. The molecule has 8 nitrogen and oxygen atoms in total.